The topological polar surface area (TPSA) is 52.7 Å². The van der Waals surface area contributed by atoms with E-state index in [1.54, 1.807) is 0 Å². The van der Waals surface area contributed by atoms with E-state index >= 15 is 0 Å². The Morgan fingerprint density at radius 2 is 1.96 bits per heavy atom. The lowest BCUT2D eigenvalue weighted by molar-refractivity contribution is -0.133. The van der Waals surface area contributed by atoms with Crippen molar-refractivity contribution in [3.63, 3.8) is 0 Å². The molecule has 5 heteroatoms. The predicted molar refractivity (Wildman–Crippen MR) is 93.5 cm³/mol. The highest BCUT2D eigenvalue weighted by molar-refractivity contribution is 6.07. The van der Waals surface area contributed by atoms with Crippen molar-refractivity contribution in [1.29, 1.82) is 0 Å². The van der Waals surface area contributed by atoms with Crippen LogP contribution in [0.25, 0.3) is 0 Å². The normalized spacial score (nSPS) is 28.3. The van der Waals surface area contributed by atoms with E-state index in [-0.39, 0.29) is 17.9 Å². The van der Waals surface area contributed by atoms with Crippen LogP contribution >= 0.6 is 0 Å². The molecule has 1 aromatic rings. The SMILES string of the molecule is CCN1C(=O)N[C@@](C)([C@@H]2CCCN(Cc3ccc(C)cc3)C2)C1=O. The molecule has 5 nitrogen and oxygen atoms in total. The molecule has 2 atom stereocenters. The zero-order valence-corrected chi connectivity index (χ0v) is 14.8. The zero-order chi connectivity index (χ0) is 17.3. The first-order valence-electron chi connectivity index (χ1n) is 8.86. The third kappa shape index (κ3) is 3.05. The van der Waals surface area contributed by atoms with Crippen LogP contribution in [-0.4, -0.2) is 46.9 Å². The number of hydrogen-bond acceptors (Lipinski definition) is 3. The molecule has 2 heterocycles. The molecule has 3 amide bonds. The number of amides is 3. The smallest absolute Gasteiger partial charge is 0.323 e. The number of piperidine rings is 1. The standard InChI is InChI=1S/C19H27N3O2/c1-4-22-17(23)19(3,20-18(22)24)16-6-5-11-21(13-16)12-15-9-7-14(2)8-10-15/h7-10,16H,4-6,11-13H2,1-3H3,(H,20,24)/t16-,19+/m1/s1. The van der Waals surface area contributed by atoms with Crippen molar-refractivity contribution < 1.29 is 9.59 Å². The Hall–Kier alpha value is -1.88. The molecule has 130 valence electrons. The average molecular weight is 329 g/mol. The summed E-state index contributed by atoms with van der Waals surface area (Å²) in [5.74, 6) is 0.0851. The summed E-state index contributed by atoms with van der Waals surface area (Å²) in [5, 5.41) is 2.95. The van der Waals surface area contributed by atoms with Crippen LogP contribution in [0.3, 0.4) is 0 Å². The van der Waals surface area contributed by atoms with Crippen LogP contribution in [0.1, 0.15) is 37.8 Å². The molecule has 2 saturated heterocycles. The number of likely N-dealkylation sites (N-methyl/N-ethyl adjacent to an activating group) is 1. The molecule has 0 bridgehead atoms. The Morgan fingerprint density at radius 1 is 1.25 bits per heavy atom. The summed E-state index contributed by atoms with van der Waals surface area (Å²) in [6.07, 6.45) is 2.03. The van der Waals surface area contributed by atoms with Crippen molar-refractivity contribution in [2.75, 3.05) is 19.6 Å². The lowest BCUT2D eigenvalue weighted by atomic mass is 9.80. The Morgan fingerprint density at radius 3 is 2.58 bits per heavy atom. The summed E-state index contributed by atoms with van der Waals surface area (Å²) in [7, 11) is 0. The Kier molecular flexibility index (Phi) is 4.63. The highest BCUT2D eigenvalue weighted by Gasteiger charge is 2.52. The fraction of sp³-hybridized carbons (Fsp3) is 0.579. The summed E-state index contributed by atoms with van der Waals surface area (Å²) >= 11 is 0. The third-order valence-corrected chi connectivity index (χ3v) is 5.47. The fourth-order valence-corrected chi connectivity index (χ4v) is 3.90. The Bertz CT molecular complexity index is 628. The lowest BCUT2D eigenvalue weighted by Crippen LogP contribution is -2.55. The van der Waals surface area contributed by atoms with Gasteiger partial charge in [-0.05, 0) is 45.7 Å². The van der Waals surface area contributed by atoms with Crippen molar-refractivity contribution in [3.05, 3.63) is 35.4 Å². The van der Waals surface area contributed by atoms with Gasteiger partial charge in [0.15, 0.2) is 0 Å². The van der Waals surface area contributed by atoms with Crippen LogP contribution in [0.5, 0.6) is 0 Å². The molecule has 2 fully saturated rings. The number of carbonyl (C=O) groups excluding carboxylic acids is 2. The summed E-state index contributed by atoms with van der Waals surface area (Å²) in [6, 6.07) is 8.36. The van der Waals surface area contributed by atoms with Crippen LogP contribution in [0.2, 0.25) is 0 Å². The molecule has 0 radical (unpaired) electrons. The van der Waals surface area contributed by atoms with Crippen LogP contribution in [0, 0.1) is 12.8 Å². The van der Waals surface area contributed by atoms with Gasteiger partial charge in [-0.1, -0.05) is 29.8 Å². The van der Waals surface area contributed by atoms with Crippen molar-refractivity contribution >= 4 is 11.9 Å². The molecule has 0 aromatic heterocycles. The van der Waals surface area contributed by atoms with Crippen molar-refractivity contribution in [3.8, 4) is 0 Å². The number of rotatable bonds is 4. The molecule has 24 heavy (non-hydrogen) atoms. The number of aryl methyl sites for hydroxylation is 1. The van der Waals surface area contributed by atoms with E-state index in [1.807, 2.05) is 13.8 Å². The Balaban J connectivity index is 1.70. The number of benzene rings is 1. The molecule has 0 aliphatic carbocycles. The minimum absolute atomic E-state index is 0.0721. The number of hydrogen-bond donors (Lipinski definition) is 1. The maximum atomic E-state index is 12.7. The minimum atomic E-state index is -0.765. The van der Waals surface area contributed by atoms with Crippen LogP contribution < -0.4 is 5.32 Å². The third-order valence-electron chi connectivity index (χ3n) is 5.47. The molecule has 0 saturated carbocycles. The average Bonchev–Trinajstić information content (AvgIpc) is 2.80. The number of nitrogens with one attached hydrogen (secondary N) is 1. The van der Waals surface area contributed by atoms with Crippen LogP contribution in [-0.2, 0) is 11.3 Å². The number of likely N-dealkylation sites (tertiary alicyclic amines) is 1. The van der Waals surface area contributed by atoms with Gasteiger partial charge in [-0.3, -0.25) is 14.6 Å². The fourth-order valence-electron chi connectivity index (χ4n) is 3.90. The zero-order valence-electron chi connectivity index (χ0n) is 14.8. The van der Waals surface area contributed by atoms with Gasteiger partial charge in [0.2, 0.25) is 0 Å². The van der Waals surface area contributed by atoms with Crippen molar-refractivity contribution in [1.82, 2.24) is 15.1 Å². The number of urea groups is 1. The molecule has 3 rings (SSSR count). The van der Waals surface area contributed by atoms with Gasteiger partial charge in [-0.15, -0.1) is 0 Å². The van der Waals surface area contributed by atoms with E-state index in [4.69, 9.17) is 0 Å². The van der Waals surface area contributed by atoms with Crippen molar-refractivity contribution in [2.24, 2.45) is 5.92 Å². The van der Waals surface area contributed by atoms with Gasteiger partial charge >= 0.3 is 6.03 Å². The van der Waals surface area contributed by atoms with E-state index in [0.29, 0.717) is 6.54 Å². The maximum absolute atomic E-state index is 12.7. The molecule has 2 aliphatic rings. The molecule has 0 spiro atoms. The molecule has 1 aromatic carbocycles. The lowest BCUT2D eigenvalue weighted by Gasteiger charge is -2.39. The predicted octanol–water partition coefficient (Wildman–Crippen LogP) is 2.54. The van der Waals surface area contributed by atoms with Gasteiger partial charge in [0, 0.05) is 25.6 Å². The van der Waals surface area contributed by atoms with Crippen molar-refractivity contribution in [2.45, 2.75) is 45.7 Å². The highest BCUT2D eigenvalue weighted by atomic mass is 16.2. The van der Waals surface area contributed by atoms with Crippen LogP contribution in [0.15, 0.2) is 24.3 Å². The summed E-state index contributed by atoms with van der Waals surface area (Å²) in [5.41, 5.74) is 1.80. The number of carbonyl (C=O) groups is 2. The van der Waals surface area contributed by atoms with Crippen LogP contribution in [0.4, 0.5) is 4.79 Å². The van der Waals surface area contributed by atoms with E-state index in [0.717, 1.165) is 32.5 Å². The molecule has 2 aliphatic heterocycles. The van der Waals surface area contributed by atoms with E-state index < -0.39 is 5.54 Å². The first-order chi connectivity index (χ1) is 11.4. The molecule has 0 unspecified atom stereocenters. The number of imide groups is 1. The Labute approximate surface area is 144 Å². The molecular weight excluding hydrogens is 302 g/mol. The second-order valence-electron chi connectivity index (χ2n) is 7.24. The van der Waals surface area contributed by atoms with E-state index in [1.165, 1.54) is 16.0 Å². The van der Waals surface area contributed by atoms with Gasteiger partial charge in [0.1, 0.15) is 5.54 Å². The second kappa shape index (κ2) is 6.55. The van der Waals surface area contributed by atoms with Gasteiger partial charge < -0.3 is 5.32 Å². The number of nitrogens with zero attached hydrogens (tertiary/aromatic N) is 2. The first kappa shape index (κ1) is 17.0. The van der Waals surface area contributed by atoms with Gasteiger partial charge in [-0.2, -0.15) is 0 Å². The largest absolute Gasteiger partial charge is 0.325 e. The summed E-state index contributed by atoms with van der Waals surface area (Å²) < 4.78 is 0. The summed E-state index contributed by atoms with van der Waals surface area (Å²) in [4.78, 5) is 28.5. The quantitative estimate of drug-likeness (QED) is 0.864. The second-order valence-corrected chi connectivity index (χ2v) is 7.24. The summed E-state index contributed by atoms with van der Waals surface area (Å²) in [6.45, 7) is 9.03. The maximum Gasteiger partial charge on any atom is 0.325 e. The first-order valence-corrected chi connectivity index (χ1v) is 8.86. The van der Waals surface area contributed by atoms with E-state index in [2.05, 4.69) is 41.4 Å². The molecule has 1 N–H and O–H groups in total. The van der Waals surface area contributed by atoms with Gasteiger partial charge in [-0.25, -0.2) is 4.79 Å². The van der Waals surface area contributed by atoms with E-state index in [9.17, 15) is 9.59 Å². The van der Waals surface area contributed by atoms with Gasteiger partial charge in [0.25, 0.3) is 5.91 Å². The monoisotopic (exact) mass is 329 g/mol. The van der Waals surface area contributed by atoms with Gasteiger partial charge in [0.05, 0.1) is 0 Å². The highest BCUT2D eigenvalue weighted by Crippen LogP contribution is 2.32. The minimum Gasteiger partial charge on any atom is -0.323 e. The molecular formula is C19H27N3O2.